The molecule has 1 aromatic heterocycles. The van der Waals surface area contributed by atoms with E-state index in [-0.39, 0.29) is 0 Å². The van der Waals surface area contributed by atoms with Crippen LogP contribution < -0.4 is 5.32 Å². The van der Waals surface area contributed by atoms with Gasteiger partial charge in [-0.3, -0.25) is 0 Å². The Bertz CT molecular complexity index is 507. The largest absolute Gasteiger partial charge is 0.310 e. The summed E-state index contributed by atoms with van der Waals surface area (Å²) in [5, 5.41) is 5.75. The minimum atomic E-state index is 0.443. The van der Waals surface area contributed by atoms with Crippen LogP contribution in [0.4, 0.5) is 0 Å². The van der Waals surface area contributed by atoms with Crippen LogP contribution in [0.2, 0.25) is 0 Å². The number of nitrogens with one attached hydrogen (secondary N) is 1. The van der Waals surface area contributed by atoms with E-state index in [0.717, 1.165) is 19.4 Å². The molecule has 3 heteroatoms. The van der Waals surface area contributed by atoms with Crippen molar-refractivity contribution in [3.05, 3.63) is 56.2 Å². The Hall–Kier alpha value is -0.640. The van der Waals surface area contributed by atoms with Crippen LogP contribution in [0.25, 0.3) is 0 Å². The summed E-state index contributed by atoms with van der Waals surface area (Å²) in [4.78, 5) is 1.47. The van der Waals surface area contributed by atoms with Gasteiger partial charge in [-0.1, -0.05) is 41.1 Å². The molecule has 0 bridgehead atoms. The molecule has 0 saturated carbocycles. The summed E-state index contributed by atoms with van der Waals surface area (Å²) in [6.07, 6.45) is 2.29. The first-order valence-corrected chi connectivity index (χ1v) is 8.39. The fraction of sp³-hybridized carbons (Fsp3) is 0.375. The molecule has 0 saturated heterocycles. The molecule has 19 heavy (non-hydrogen) atoms. The highest BCUT2D eigenvalue weighted by Crippen LogP contribution is 2.25. The molecular formula is C16H20BrNS. The predicted molar refractivity (Wildman–Crippen MR) is 87.9 cm³/mol. The van der Waals surface area contributed by atoms with E-state index < -0.39 is 0 Å². The third-order valence-corrected chi connectivity index (χ3v) is 5.12. The maximum Gasteiger partial charge on any atom is 0.0323 e. The smallest absolute Gasteiger partial charge is 0.0323 e. The van der Waals surface area contributed by atoms with Gasteiger partial charge < -0.3 is 5.32 Å². The molecule has 0 aliphatic heterocycles. The highest BCUT2D eigenvalue weighted by atomic mass is 79.9. The van der Waals surface area contributed by atoms with Crippen molar-refractivity contribution < 1.29 is 0 Å². The Balaban J connectivity index is 2.07. The third-order valence-electron chi connectivity index (χ3n) is 3.29. The maximum atomic E-state index is 3.60. The molecule has 0 aliphatic rings. The molecule has 1 unspecified atom stereocenters. The van der Waals surface area contributed by atoms with Gasteiger partial charge in [0.15, 0.2) is 0 Å². The predicted octanol–water partition coefficient (Wildman–Crippen LogP) is 5.10. The Kier molecular flexibility index (Phi) is 5.61. The van der Waals surface area contributed by atoms with Crippen molar-refractivity contribution in [2.45, 2.75) is 32.7 Å². The fourth-order valence-corrected chi connectivity index (χ4v) is 3.23. The van der Waals surface area contributed by atoms with Crippen LogP contribution in [-0.2, 0) is 6.42 Å². The highest BCUT2D eigenvalue weighted by Gasteiger charge is 2.11. The second-order valence-electron chi connectivity index (χ2n) is 4.74. The Labute approximate surface area is 128 Å². The number of hydrogen-bond acceptors (Lipinski definition) is 2. The molecule has 0 fully saturated rings. The molecule has 0 aliphatic carbocycles. The summed E-state index contributed by atoms with van der Waals surface area (Å²) in [5.74, 6) is 0. The molecule has 2 rings (SSSR count). The van der Waals surface area contributed by atoms with Crippen molar-refractivity contribution in [2.24, 2.45) is 0 Å². The maximum absolute atomic E-state index is 3.60. The lowest BCUT2D eigenvalue weighted by Crippen LogP contribution is -2.21. The Morgan fingerprint density at radius 2 is 2.16 bits per heavy atom. The van der Waals surface area contributed by atoms with Crippen LogP contribution >= 0.6 is 27.3 Å². The number of halogens is 1. The number of hydrogen-bond donors (Lipinski definition) is 1. The summed E-state index contributed by atoms with van der Waals surface area (Å²) in [7, 11) is 0. The van der Waals surface area contributed by atoms with Crippen LogP contribution in [-0.4, -0.2) is 6.54 Å². The van der Waals surface area contributed by atoms with E-state index in [1.165, 1.54) is 20.5 Å². The van der Waals surface area contributed by atoms with Gasteiger partial charge in [-0.05, 0) is 54.9 Å². The molecule has 1 N–H and O–H groups in total. The molecule has 1 aromatic carbocycles. The standard InChI is InChI=1S/C16H20BrNS/c1-3-18-16(9-7-14-5-4-10-19-14)13-6-8-15(17)12(2)11-13/h4-6,8,10-11,16,18H,3,7,9H2,1-2H3. The van der Waals surface area contributed by atoms with Crippen molar-refractivity contribution in [1.82, 2.24) is 5.32 Å². The lowest BCUT2D eigenvalue weighted by Gasteiger charge is -2.19. The van der Waals surface area contributed by atoms with Crippen LogP contribution in [0.15, 0.2) is 40.2 Å². The average molecular weight is 338 g/mol. The van der Waals surface area contributed by atoms with Crippen LogP contribution in [0.5, 0.6) is 0 Å². The molecular weight excluding hydrogens is 318 g/mol. The lowest BCUT2D eigenvalue weighted by molar-refractivity contribution is 0.517. The first kappa shape index (κ1) is 14.8. The topological polar surface area (TPSA) is 12.0 Å². The van der Waals surface area contributed by atoms with Gasteiger partial charge in [-0.2, -0.15) is 0 Å². The van der Waals surface area contributed by atoms with E-state index in [1.807, 2.05) is 11.3 Å². The van der Waals surface area contributed by atoms with Crippen LogP contribution in [0.3, 0.4) is 0 Å². The summed E-state index contributed by atoms with van der Waals surface area (Å²) in [6.45, 7) is 5.32. The number of benzene rings is 1. The van der Waals surface area contributed by atoms with Gasteiger partial charge in [0.2, 0.25) is 0 Å². The monoisotopic (exact) mass is 337 g/mol. The van der Waals surface area contributed by atoms with E-state index >= 15 is 0 Å². The van der Waals surface area contributed by atoms with Crippen molar-refractivity contribution in [1.29, 1.82) is 0 Å². The summed E-state index contributed by atoms with van der Waals surface area (Å²) < 4.78 is 1.18. The van der Waals surface area contributed by atoms with E-state index in [9.17, 15) is 0 Å². The molecule has 102 valence electrons. The van der Waals surface area contributed by atoms with Gasteiger partial charge >= 0.3 is 0 Å². The van der Waals surface area contributed by atoms with Crippen molar-refractivity contribution >= 4 is 27.3 Å². The third kappa shape index (κ3) is 4.16. The number of thiophene rings is 1. The van der Waals surface area contributed by atoms with E-state index in [0.29, 0.717) is 6.04 Å². The SMILES string of the molecule is CCNC(CCc1cccs1)c1ccc(Br)c(C)c1. The molecule has 1 atom stereocenters. The summed E-state index contributed by atoms with van der Waals surface area (Å²) in [6, 6.07) is 11.5. The minimum absolute atomic E-state index is 0.443. The molecule has 0 spiro atoms. The van der Waals surface area contributed by atoms with Gasteiger partial charge in [0.05, 0.1) is 0 Å². The average Bonchev–Trinajstić information content (AvgIpc) is 2.91. The first-order valence-electron chi connectivity index (χ1n) is 6.72. The van der Waals surface area contributed by atoms with Crippen molar-refractivity contribution in [3.63, 3.8) is 0 Å². The highest BCUT2D eigenvalue weighted by molar-refractivity contribution is 9.10. The number of aryl methyl sites for hydroxylation is 2. The van der Waals surface area contributed by atoms with Crippen molar-refractivity contribution in [2.75, 3.05) is 6.54 Å². The second-order valence-corrected chi connectivity index (χ2v) is 6.62. The minimum Gasteiger partial charge on any atom is -0.310 e. The van der Waals surface area contributed by atoms with Gasteiger partial charge in [0, 0.05) is 15.4 Å². The van der Waals surface area contributed by atoms with Gasteiger partial charge in [0.25, 0.3) is 0 Å². The van der Waals surface area contributed by atoms with Gasteiger partial charge in [-0.15, -0.1) is 11.3 Å². The van der Waals surface area contributed by atoms with Gasteiger partial charge in [-0.25, -0.2) is 0 Å². The van der Waals surface area contributed by atoms with E-state index in [4.69, 9.17) is 0 Å². The zero-order chi connectivity index (χ0) is 13.7. The quantitative estimate of drug-likeness (QED) is 0.772. The molecule has 0 radical (unpaired) electrons. The zero-order valence-electron chi connectivity index (χ0n) is 11.4. The second kappa shape index (κ2) is 7.22. The Morgan fingerprint density at radius 1 is 1.32 bits per heavy atom. The molecule has 2 aromatic rings. The van der Waals surface area contributed by atoms with Crippen LogP contribution in [0.1, 0.15) is 35.4 Å². The van der Waals surface area contributed by atoms with E-state index in [2.05, 4.69) is 70.8 Å². The molecule has 1 heterocycles. The fourth-order valence-electron chi connectivity index (χ4n) is 2.26. The Morgan fingerprint density at radius 3 is 2.79 bits per heavy atom. The van der Waals surface area contributed by atoms with Gasteiger partial charge in [0.1, 0.15) is 0 Å². The lowest BCUT2D eigenvalue weighted by atomic mass is 10.00. The molecule has 1 nitrogen and oxygen atoms in total. The number of rotatable bonds is 6. The van der Waals surface area contributed by atoms with E-state index in [1.54, 1.807) is 0 Å². The molecule has 0 amide bonds. The first-order chi connectivity index (χ1) is 9.20. The normalized spacial score (nSPS) is 12.6. The summed E-state index contributed by atoms with van der Waals surface area (Å²) >= 11 is 5.42. The summed E-state index contributed by atoms with van der Waals surface area (Å²) in [5.41, 5.74) is 2.69. The van der Waals surface area contributed by atoms with Crippen molar-refractivity contribution in [3.8, 4) is 0 Å². The zero-order valence-corrected chi connectivity index (χ0v) is 13.9. The van der Waals surface area contributed by atoms with Crippen LogP contribution in [0, 0.1) is 6.92 Å².